The number of aromatic carboxylic acids is 1. The smallest absolute Gasteiger partial charge is 0.337 e. The average Bonchev–Trinajstić information content (AvgIpc) is 3.02. The maximum Gasteiger partial charge on any atom is 0.337 e. The molecule has 0 fully saturated rings. The molecule has 1 aromatic heterocycles. The summed E-state index contributed by atoms with van der Waals surface area (Å²) in [4.78, 5) is 11.5. The monoisotopic (exact) mass is 437 g/mol. The summed E-state index contributed by atoms with van der Waals surface area (Å²) in [7, 11) is -3.87. The van der Waals surface area contributed by atoms with Crippen LogP contribution in [-0.2, 0) is 10.0 Å². The molecule has 0 bridgehead atoms. The molecule has 0 aliphatic heterocycles. The molecule has 2 aromatic carbocycles. The third-order valence-corrected chi connectivity index (χ3v) is 6.98. The zero-order chi connectivity index (χ0) is 18.0. The van der Waals surface area contributed by atoms with E-state index in [1.807, 2.05) is 30.3 Å². The van der Waals surface area contributed by atoms with Gasteiger partial charge >= 0.3 is 5.97 Å². The molecule has 3 aromatic rings. The predicted molar refractivity (Wildman–Crippen MR) is 102 cm³/mol. The van der Waals surface area contributed by atoms with Crippen molar-refractivity contribution in [2.75, 3.05) is 4.72 Å². The average molecular weight is 438 g/mol. The third kappa shape index (κ3) is 3.92. The minimum atomic E-state index is -3.87. The van der Waals surface area contributed by atoms with E-state index in [4.69, 9.17) is 0 Å². The first kappa shape index (κ1) is 17.7. The van der Waals surface area contributed by atoms with E-state index in [1.54, 1.807) is 11.4 Å². The van der Waals surface area contributed by atoms with Crippen molar-refractivity contribution in [1.82, 2.24) is 0 Å². The predicted octanol–water partition coefficient (Wildman–Crippen LogP) is 4.68. The van der Waals surface area contributed by atoms with Crippen molar-refractivity contribution in [2.45, 2.75) is 4.21 Å². The molecule has 0 aliphatic carbocycles. The molecule has 2 N–H and O–H groups in total. The number of rotatable bonds is 5. The van der Waals surface area contributed by atoms with Gasteiger partial charge in [-0.3, -0.25) is 4.72 Å². The molecule has 8 heteroatoms. The number of carboxylic acid groups (broad SMARTS) is 1. The van der Waals surface area contributed by atoms with Crippen molar-refractivity contribution >= 4 is 48.9 Å². The van der Waals surface area contributed by atoms with Crippen molar-refractivity contribution in [3.05, 3.63) is 70.0 Å². The number of carbonyl (C=O) groups is 1. The van der Waals surface area contributed by atoms with Gasteiger partial charge in [0.15, 0.2) is 0 Å². The first-order valence-electron chi connectivity index (χ1n) is 7.06. The van der Waals surface area contributed by atoms with Crippen LogP contribution in [0.5, 0.6) is 0 Å². The summed E-state index contributed by atoms with van der Waals surface area (Å²) in [5, 5.41) is 11.0. The number of benzene rings is 2. The van der Waals surface area contributed by atoms with Crippen molar-refractivity contribution in [1.29, 1.82) is 0 Å². The lowest BCUT2D eigenvalue weighted by molar-refractivity contribution is 0.0698. The van der Waals surface area contributed by atoms with Crippen LogP contribution < -0.4 is 4.72 Å². The van der Waals surface area contributed by atoms with Crippen LogP contribution >= 0.6 is 27.3 Å². The van der Waals surface area contributed by atoms with Crippen LogP contribution in [0.25, 0.3) is 11.1 Å². The standard InChI is InChI=1S/C17H12BrNO4S2/c18-13-9-16(24-10-13)25(22,23)19-15-8-12(6-7-14(15)17(20)21)11-4-2-1-3-5-11/h1-10,19H,(H,20,21). The van der Waals surface area contributed by atoms with Gasteiger partial charge in [-0.05, 0) is 45.3 Å². The summed E-state index contributed by atoms with van der Waals surface area (Å²) in [6.45, 7) is 0. The molecule has 0 spiro atoms. The summed E-state index contributed by atoms with van der Waals surface area (Å²) >= 11 is 4.26. The Kier molecular flexibility index (Phi) is 4.94. The molecule has 0 aliphatic rings. The van der Waals surface area contributed by atoms with E-state index in [9.17, 15) is 18.3 Å². The highest BCUT2D eigenvalue weighted by Crippen LogP contribution is 2.30. The van der Waals surface area contributed by atoms with Gasteiger partial charge in [0.25, 0.3) is 10.0 Å². The van der Waals surface area contributed by atoms with Crippen LogP contribution in [0.15, 0.2) is 68.7 Å². The molecule has 0 radical (unpaired) electrons. The second kappa shape index (κ2) is 6.99. The first-order valence-corrected chi connectivity index (χ1v) is 10.2. The second-order valence-corrected chi connectivity index (χ2v) is 8.86. The molecule has 0 atom stereocenters. The molecule has 0 amide bonds. The Morgan fingerprint density at radius 1 is 1.04 bits per heavy atom. The van der Waals surface area contributed by atoms with Crippen LogP contribution in [0.4, 0.5) is 5.69 Å². The van der Waals surface area contributed by atoms with Gasteiger partial charge in [0, 0.05) is 9.85 Å². The minimum absolute atomic E-state index is 0.0263. The van der Waals surface area contributed by atoms with Gasteiger partial charge < -0.3 is 5.11 Å². The number of halogens is 1. The van der Waals surface area contributed by atoms with Crippen molar-refractivity contribution in [3.63, 3.8) is 0 Å². The van der Waals surface area contributed by atoms with E-state index in [2.05, 4.69) is 20.7 Å². The van der Waals surface area contributed by atoms with E-state index < -0.39 is 16.0 Å². The Hall–Kier alpha value is -2.16. The van der Waals surface area contributed by atoms with Crippen molar-refractivity contribution in [2.24, 2.45) is 0 Å². The lowest BCUT2D eigenvalue weighted by Gasteiger charge is -2.12. The number of sulfonamides is 1. The van der Waals surface area contributed by atoms with E-state index in [0.29, 0.717) is 4.47 Å². The quantitative estimate of drug-likeness (QED) is 0.606. The van der Waals surface area contributed by atoms with E-state index in [1.165, 1.54) is 18.2 Å². The molecule has 5 nitrogen and oxygen atoms in total. The lowest BCUT2D eigenvalue weighted by Crippen LogP contribution is -2.14. The van der Waals surface area contributed by atoms with Crippen molar-refractivity contribution in [3.8, 4) is 11.1 Å². The molecule has 0 unspecified atom stereocenters. The highest BCUT2D eigenvalue weighted by Gasteiger charge is 2.20. The van der Waals surface area contributed by atoms with Crippen molar-refractivity contribution < 1.29 is 18.3 Å². The zero-order valence-electron chi connectivity index (χ0n) is 12.6. The molecule has 1 heterocycles. The maximum atomic E-state index is 12.5. The topological polar surface area (TPSA) is 83.5 Å². The number of carboxylic acids is 1. The Morgan fingerprint density at radius 2 is 1.76 bits per heavy atom. The van der Waals surface area contributed by atoms with E-state index in [-0.39, 0.29) is 15.5 Å². The molecule has 0 saturated heterocycles. The van der Waals surface area contributed by atoms with Crippen LogP contribution in [0.1, 0.15) is 10.4 Å². The minimum Gasteiger partial charge on any atom is -0.478 e. The number of anilines is 1. The number of hydrogen-bond donors (Lipinski definition) is 2. The Morgan fingerprint density at radius 3 is 2.36 bits per heavy atom. The van der Waals surface area contributed by atoms with Gasteiger partial charge in [0.2, 0.25) is 0 Å². The lowest BCUT2D eigenvalue weighted by atomic mass is 10.0. The van der Waals surface area contributed by atoms with Crippen LogP contribution in [0.2, 0.25) is 0 Å². The summed E-state index contributed by atoms with van der Waals surface area (Å²) in [6, 6.07) is 15.3. The summed E-state index contributed by atoms with van der Waals surface area (Å²) in [6.07, 6.45) is 0. The fourth-order valence-corrected chi connectivity index (χ4v) is 5.18. The largest absolute Gasteiger partial charge is 0.478 e. The summed E-state index contributed by atoms with van der Waals surface area (Å²) < 4.78 is 28.2. The Bertz CT molecular complexity index is 1030. The normalized spacial score (nSPS) is 11.2. The number of hydrogen-bond acceptors (Lipinski definition) is 4. The SMILES string of the molecule is O=C(O)c1ccc(-c2ccccc2)cc1NS(=O)(=O)c1cc(Br)cs1. The highest BCUT2D eigenvalue weighted by molar-refractivity contribution is 9.10. The fraction of sp³-hybridized carbons (Fsp3) is 0. The van der Waals surface area contributed by atoms with Gasteiger partial charge in [-0.25, -0.2) is 13.2 Å². The molecule has 128 valence electrons. The first-order chi connectivity index (χ1) is 11.9. The maximum absolute atomic E-state index is 12.5. The fourth-order valence-electron chi connectivity index (χ4n) is 2.26. The Balaban J connectivity index is 2.05. The zero-order valence-corrected chi connectivity index (χ0v) is 15.9. The second-order valence-electron chi connectivity index (χ2n) is 5.12. The number of nitrogens with one attached hydrogen (secondary N) is 1. The molecule has 3 rings (SSSR count). The Labute approximate surface area is 157 Å². The van der Waals surface area contributed by atoms with Gasteiger partial charge in [-0.15, -0.1) is 11.3 Å². The molecular formula is C17H12BrNO4S2. The number of thiophene rings is 1. The van der Waals surface area contributed by atoms with Crippen LogP contribution in [-0.4, -0.2) is 19.5 Å². The highest BCUT2D eigenvalue weighted by atomic mass is 79.9. The van der Waals surface area contributed by atoms with Gasteiger partial charge in [-0.2, -0.15) is 0 Å². The van der Waals surface area contributed by atoms with Crippen LogP contribution in [0, 0.1) is 0 Å². The van der Waals surface area contributed by atoms with Gasteiger partial charge in [-0.1, -0.05) is 36.4 Å². The van der Waals surface area contributed by atoms with E-state index in [0.717, 1.165) is 22.5 Å². The van der Waals surface area contributed by atoms with E-state index >= 15 is 0 Å². The van der Waals surface area contributed by atoms with Gasteiger partial charge in [0.05, 0.1) is 11.3 Å². The molecule has 0 saturated carbocycles. The molecule has 25 heavy (non-hydrogen) atoms. The summed E-state index contributed by atoms with van der Waals surface area (Å²) in [5.74, 6) is -1.20. The third-order valence-electron chi connectivity index (χ3n) is 3.41. The summed E-state index contributed by atoms with van der Waals surface area (Å²) in [5.41, 5.74) is 1.49. The molecular weight excluding hydrogens is 426 g/mol. The van der Waals surface area contributed by atoms with Crippen LogP contribution in [0.3, 0.4) is 0 Å². The van der Waals surface area contributed by atoms with Gasteiger partial charge in [0.1, 0.15) is 4.21 Å².